The minimum atomic E-state index is -0.401. The maximum Gasteiger partial charge on any atom is 0.157 e. The van der Waals surface area contributed by atoms with Crippen molar-refractivity contribution >= 4 is 59.0 Å². The number of para-hydroxylation sites is 1. The Hall–Kier alpha value is -3.99. The molecule has 0 amide bonds. The highest BCUT2D eigenvalue weighted by atomic mass is 32.1. The van der Waals surface area contributed by atoms with Gasteiger partial charge in [0.1, 0.15) is 0 Å². The van der Waals surface area contributed by atoms with E-state index in [-0.39, 0.29) is 6.04 Å². The molecule has 4 heterocycles. The molecule has 6 aromatic rings. The normalized spacial score (nSPS) is 22.0. The Morgan fingerprint density at radius 1 is 0.806 bits per heavy atom. The molecule has 170 valence electrons. The zero-order valence-corrected chi connectivity index (χ0v) is 20.2. The van der Waals surface area contributed by atoms with Crippen LogP contribution >= 0.6 is 11.3 Å². The van der Waals surface area contributed by atoms with Gasteiger partial charge in [-0.3, -0.25) is 10.3 Å². The fraction of sp³-hybridized carbons (Fsp3) is 0.0938. The average Bonchev–Trinajstić information content (AvgIpc) is 3.66. The van der Waals surface area contributed by atoms with Crippen molar-refractivity contribution in [3.63, 3.8) is 0 Å². The van der Waals surface area contributed by atoms with Crippen LogP contribution in [-0.2, 0) is 12.2 Å². The second-order valence-corrected chi connectivity index (χ2v) is 11.1. The lowest BCUT2D eigenvalue weighted by Gasteiger charge is -2.24. The van der Waals surface area contributed by atoms with E-state index in [0.717, 1.165) is 12.3 Å². The minimum Gasteiger partial charge on any atom is -0.335 e. The molecule has 2 aliphatic heterocycles. The number of fused-ring (bicyclic) bond motifs is 9. The van der Waals surface area contributed by atoms with Gasteiger partial charge in [-0.1, -0.05) is 85.0 Å². The predicted molar refractivity (Wildman–Crippen MR) is 152 cm³/mol. The molecule has 0 saturated heterocycles. The summed E-state index contributed by atoms with van der Waals surface area (Å²) in [5.74, 6) is 0. The van der Waals surface area contributed by atoms with Gasteiger partial charge in [0.15, 0.2) is 5.66 Å². The first kappa shape index (κ1) is 19.2. The number of allylic oxidation sites excluding steroid dienone is 2. The Kier molecular flexibility index (Phi) is 3.53. The molecule has 2 atom stereocenters. The Balaban J connectivity index is 1.32. The number of nitrogens with one attached hydrogen (secondary N) is 1. The lowest BCUT2D eigenvalue weighted by molar-refractivity contribution is 0.352. The van der Waals surface area contributed by atoms with Crippen molar-refractivity contribution in [2.45, 2.75) is 18.2 Å². The summed E-state index contributed by atoms with van der Waals surface area (Å²) in [4.78, 5) is 5.28. The fourth-order valence-corrected chi connectivity index (χ4v) is 7.82. The first-order chi connectivity index (χ1) is 17.8. The molecule has 9 rings (SSSR count). The van der Waals surface area contributed by atoms with Gasteiger partial charge in [-0.2, -0.15) is 0 Å². The van der Waals surface area contributed by atoms with E-state index in [1.165, 1.54) is 58.7 Å². The summed E-state index contributed by atoms with van der Waals surface area (Å²) in [7, 11) is 0. The third-order valence-electron chi connectivity index (χ3n) is 8.13. The first-order valence-electron chi connectivity index (χ1n) is 12.5. The number of hydrogen-bond donors (Lipinski definition) is 1. The molecule has 1 aliphatic carbocycles. The molecule has 0 bridgehead atoms. The first-order valence-corrected chi connectivity index (χ1v) is 13.3. The molecule has 4 aromatic carbocycles. The summed E-state index contributed by atoms with van der Waals surface area (Å²) < 4.78 is 5.25. The van der Waals surface area contributed by atoms with Gasteiger partial charge in [-0.05, 0) is 29.3 Å². The van der Waals surface area contributed by atoms with Gasteiger partial charge in [-0.25, -0.2) is 0 Å². The monoisotopic (exact) mass is 479 g/mol. The molecular formula is C32H21N3S. The van der Waals surface area contributed by atoms with Gasteiger partial charge in [0, 0.05) is 31.8 Å². The van der Waals surface area contributed by atoms with Crippen LogP contribution in [0.25, 0.3) is 53.1 Å². The Morgan fingerprint density at radius 3 is 2.61 bits per heavy atom. The molecular weight excluding hydrogens is 458 g/mol. The van der Waals surface area contributed by atoms with Crippen molar-refractivity contribution in [2.24, 2.45) is 4.99 Å². The topological polar surface area (TPSA) is 29.3 Å². The highest BCUT2D eigenvalue weighted by molar-refractivity contribution is 7.26. The average molecular weight is 480 g/mol. The smallest absolute Gasteiger partial charge is 0.157 e. The summed E-state index contributed by atoms with van der Waals surface area (Å²) in [5.41, 5.74) is 7.22. The van der Waals surface area contributed by atoms with Crippen molar-refractivity contribution in [1.29, 1.82) is 0 Å². The summed E-state index contributed by atoms with van der Waals surface area (Å²) >= 11 is 1.91. The maximum atomic E-state index is 5.28. The lowest BCUT2D eigenvalue weighted by Crippen LogP contribution is -2.42. The van der Waals surface area contributed by atoms with E-state index >= 15 is 0 Å². The lowest BCUT2D eigenvalue weighted by atomic mass is 9.98. The Morgan fingerprint density at radius 2 is 1.69 bits per heavy atom. The number of hydrogen-bond acceptors (Lipinski definition) is 3. The van der Waals surface area contributed by atoms with Crippen molar-refractivity contribution in [2.75, 3.05) is 0 Å². The molecule has 2 aromatic heterocycles. The van der Waals surface area contributed by atoms with E-state index in [0.29, 0.717) is 0 Å². The Bertz CT molecular complexity index is 2000. The maximum absolute atomic E-state index is 5.28. The van der Waals surface area contributed by atoms with E-state index in [2.05, 4.69) is 113 Å². The van der Waals surface area contributed by atoms with Gasteiger partial charge >= 0.3 is 0 Å². The zero-order chi connectivity index (χ0) is 23.4. The molecule has 0 radical (unpaired) electrons. The van der Waals surface area contributed by atoms with E-state index < -0.39 is 5.66 Å². The second kappa shape index (κ2) is 6.61. The SMILES string of the molecule is C1=CC2=NC3(Cn4c5c3cccc5c3ccc5c6cc(-c7ccccc7)ccc6sc5c34)NC2C=C1. The molecule has 0 fully saturated rings. The summed E-state index contributed by atoms with van der Waals surface area (Å²) in [6.07, 6.45) is 8.57. The fourth-order valence-electron chi connectivity index (χ4n) is 6.58. The number of aliphatic imine (C=N–C) groups is 1. The highest BCUT2D eigenvalue weighted by Gasteiger charge is 2.46. The van der Waals surface area contributed by atoms with Crippen LogP contribution in [0.4, 0.5) is 0 Å². The molecule has 3 nitrogen and oxygen atoms in total. The van der Waals surface area contributed by atoms with Gasteiger partial charge in [-0.15, -0.1) is 11.3 Å². The molecule has 0 saturated carbocycles. The molecule has 4 heteroatoms. The third-order valence-corrected chi connectivity index (χ3v) is 9.33. The predicted octanol–water partition coefficient (Wildman–Crippen LogP) is 7.53. The molecule has 3 aliphatic rings. The van der Waals surface area contributed by atoms with Crippen LogP contribution < -0.4 is 5.32 Å². The zero-order valence-electron chi connectivity index (χ0n) is 19.4. The summed E-state index contributed by atoms with van der Waals surface area (Å²) in [5, 5.41) is 9.21. The number of rotatable bonds is 1. The van der Waals surface area contributed by atoms with Crippen LogP contribution in [0.5, 0.6) is 0 Å². The number of nitrogens with zero attached hydrogens (tertiary/aromatic N) is 2. The molecule has 36 heavy (non-hydrogen) atoms. The summed E-state index contributed by atoms with van der Waals surface area (Å²) in [6, 6.07) is 29.2. The van der Waals surface area contributed by atoms with E-state index in [4.69, 9.17) is 4.99 Å². The van der Waals surface area contributed by atoms with Crippen LogP contribution in [0.15, 0.2) is 108 Å². The number of thiophene rings is 1. The van der Waals surface area contributed by atoms with Crippen LogP contribution in [0.3, 0.4) is 0 Å². The van der Waals surface area contributed by atoms with Crippen molar-refractivity contribution < 1.29 is 0 Å². The van der Waals surface area contributed by atoms with Gasteiger partial charge in [0.05, 0.1) is 34.0 Å². The number of benzene rings is 4. The highest BCUT2D eigenvalue weighted by Crippen LogP contribution is 2.49. The Labute approximate surface area is 211 Å². The quantitative estimate of drug-likeness (QED) is 0.259. The van der Waals surface area contributed by atoms with E-state index in [1.807, 2.05) is 11.3 Å². The standard InChI is InChI=1S/C32H21N3S/c1-2-7-19(8-3-1)20-13-16-28-24(17-20)23-15-14-22-21-9-6-10-25-29(21)35(30(22)31(23)36-28)18-32(25)33-26-11-4-5-12-27(26)34-32/h1-17,26,33H,18H2. The van der Waals surface area contributed by atoms with Crippen LogP contribution in [-0.4, -0.2) is 16.3 Å². The van der Waals surface area contributed by atoms with Crippen LogP contribution in [0.2, 0.25) is 0 Å². The van der Waals surface area contributed by atoms with Gasteiger partial charge in [0.2, 0.25) is 0 Å². The van der Waals surface area contributed by atoms with Crippen molar-refractivity contribution in [1.82, 2.24) is 9.88 Å². The second-order valence-electron chi connectivity index (χ2n) is 10.1. The van der Waals surface area contributed by atoms with E-state index in [1.54, 1.807) is 0 Å². The molecule has 2 unspecified atom stereocenters. The number of aromatic nitrogens is 1. The largest absolute Gasteiger partial charge is 0.335 e. The molecule has 1 N–H and O–H groups in total. The van der Waals surface area contributed by atoms with Crippen molar-refractivity contribution in [3.8, 4) is 11.1 Å². The molecule has 1 spiro atoms. The van der Waals surface area contributed by atoms with E-state index in [9.17, 15) is 0 Å². The van der Waals surface area contributed by atoms with Gasteiger partial charge in [0.25, 0.3) is 0 Å². The van der Waals surface area contributed by atoms with Crippen molar-refractivity contribution in [3.05, 3.63) is 109 Å². The van der Waals surface area contributed by atoms with Gasteiger partial charge < -0.3 is 4.57 Å². The third kappa shape index (κ3) is 2.33. The summed E-state index contributed by atoms with van der Waals surface area (Å²) in [6.45, 7) is 0.816. The minimum absolute atomic E-state index is 0.182. The van der Waals surface area contributed by atoms with Crippen LogP contribution in [0.1, 0.15) is 5.56 Å². The van der Waals surface area contributed by atoms with Crippen LogP contribution in [0, 0.1) is 0 Å².